The maximum Gasteiger partial charge on any atom is 0.266 e. The van der Waals surface area contributed by atoms with Gasteiger partial charge in [0.2, 0.25) is 0 Å². The van der Waals surface area contributed by atoms with E-state index in [9.17, 15) is 4.79 Å². The third-order valence-electron chi connectivity index (χ3n) is 3.30. The van der Waals surface area contributed by atoms with E-state index in [2.05, 4.69) is 9.98 Å². The number of amides is 1. The van der Waals surface area contributed by atoms with Crippen LogP contribution in [-0.2, 0) is 4.79 Å². The average Bonchev–Trinajstić information content (AvgIpc) is 2.78. The highest BCUT2D eigenvalue weighted by Crippen LogP contribution is 2.34. The van der Waals surface area contributed by atoms with Gasteiger partial charge in [0.15, 0.2) is 10.3 Å². The number of rotatable bonds is 2. The number of benzene rings is 1. The number of likely N-dealkylation sites (N-methyl/N-ethyl adjacent to an activating group) is 1. The Morgan fingerprint density at radius 3 is 2.87 bits per heavy atom. The first-order chi connectivity index (χ1) is 11.0. The van der Waals surface area contributed by atoms with Crippen LogP contribution in [-0.4, -0.2) is 28.0 Å². The lowest BCUT2D eigenvalue weighted by molar-refractivity contribution is -0.121. The van der Waals surface area contributed by atoms with Crippen molar-refractivity contribution in [3.05, 3.63) is 63.8 Å². The number of carbonyl (C=O) groups excluding carboxylic acids is 1. The van der Waals surface area contributed by atoms with Gasteiger partial charge in [-0.05, 0) is 42.5 Å². The Morgan fingerprint density at radius 2 is 2.13 bits per heavy atom. The van der Waals surface area contributed by atoms with E-state index >= 15 is 0 Å². The molecular formula is C17H14ClN3OS. The zero-order valence-corrected chi connectivity index (χ0v) is 14.2. The van der Waals surface area contributed by atoms with E-state index in [1.165, 1.54) is 16.7 Å². The zero-order valence-electron chi connectivity index (χ0n) is 12.7. The fourth-order valence-electron chi connectivity index (χ4n) is 2.13. The summed E-state index contributed by atoms with van der Waals surface area (Å²) < 4.78 is 0. The molecular weight excluding hydrogens is 330 g/mol. The molecule has 1 aromatic heterocycles. The first-order valence-corrected chi connectivity index (χ1v) is 8.17. The molecule has 6 heteroatoms. The summed E-state index contributed by atoms with van der Waals surface area (Å²) in [5.74, 6) is -0.0738. The molecule has 4 nitrogen and oxygen atoms in total. The van der Waals surface area contributed by atoms with Crippen LogP contribution < -0.4 is 0 Å². The van der Waals surface area contributed by atoms with E-state index in [0.29, 0.717) is 20.9 Å². The predicted octanol–water partition coefficient (Wildman–Crippen LogP) is 4.28. The smallest absolute Gasteiger partial charge is 0.266 e. The van der Waals surface area contributed by atoms with Gasteiger partial charge in [-0.3, -0.25) is 9.69 Å². The van der Waals surface area contributed by atoms with Gasteiger partial charge in [0.25, 0.3) is 5.91 Å². The zero-order chi connectivity index (χ0) is 16.4. The minimum atomic E-state index is -0.0738. The topological polar surface area (TPSA) is 45.6 Å². The number of aryl methyl sites for hydroxylation is 1. The van der Waals surface area contributed by atoms with E-state index < -0.39 is 0 Å². The highest BCUT2D eigenvalue weighted by molar-refractivity contribution is 8.18. The Bertz CT molecular complexity index is 832. The van der Waals surface area contributed by atoms with Gasteiger partial charge in [-0.15, -0.1) is 0 Å². The third kappa shape index (κ3) is 3.46. The Kier molecular flexibility index (Phi) is 4.50. The fraction of sp³-hybridized carbons (Fsp3) is 0.118. The number of aromatic nitrogens is 1. The number of aliphatic imine (C=N–C) groups is 1. The van der Waals surface area contributed by atoms with Gasteiger partial charge in [-0.1, -0.05) is 41.4 Å². The lowest BCUT2D eigenvalue weighted by Crippen LogP contribution is -2.23. The number of halogens is 1. The highest BCUT2D eigenvalue weighted by Gasteiger charge is 2.30. The molecule has 1 aromatic carbocycles. The summed E-state index contributed by atoms with van der Waals surface area (Å²) in [7, 11) is 1.70. The first-order valence-electron chi connectivity index (χ1n) is 6.98. The lowest BCUT2D eigenvalue weighted by atomic mass is 10.1. The van der Waals surface area contributed by atoms with Gasteiger partial charge >= 0.3 is 0 Å². The van der Waals surface area contributed by atoms with Crippen LogP contribution in [0.25, 0.3) is 6.08 Å². The van der Waals surface area contributed by atoms with Crippen molar-refractivity contribution in [3.8, 4) is 0 Å². The summed E-state index contributed by atoms with van der Waals surface area (Å²) in [6, 6.07) is 11.5. The molecule has 0 bridgehead atoms. The summed E-state index contributed by atoms with van der Waals surface area (Å²) in [4.78, 5) is 23.0. The quantitative estimate of drug-likeness (QED) is 0.604. The van der Waals surface area contributed by atoms with Crippen LogP contribution in [0.1, 0.15) is 11.1 Å². The SMILES string of the molecule is Cc1cccc(/C=C2\SC(=Nc3cccnc3Cl)N(C)C2=O)c1. The van der Waals surface area contributed by atoms with Gasteiger partial charge in [-0.25, -0.2) is 9.98 Å². The molecule has 1 aliphatic heterocycles. The van der Waals surface area contributed by atoms with E-state index in [1.54, 1.807) is 25.4 Å². The normalized spacial score (nSPS) is 18.2. The van der Waals surface area contributed by atoms with Crippen molar-refractivity contribution in [2.45, 2.75) is 6.92 Å². The molecule has 1 fully saturated rings. The molecule has 1 saturated heterocycles. The number of amidine groups is 1. The molecule has 0 saturated carbocycles. The maximum atomic E-state index is 12.4. The molecule has 23 heavy (non-hydrogen) atoms. The van der Waals surface area contributed by atoms with Crippen molar-refractivity contribution in [1.29, 1.82) is 0 Å². The second-order valence-corrected chi connectivity index (χ2v) is 6.46. The molecule has 116 valence electrons. The molecule has 0 N–H and O–H groups in total. The maximum absolute atomic E-state index is 12.4. The van der Waals surface area contributed by atoms with Crippen molar-refractivity contribution in [2.75, 3.05) is 7.05 Å². The Morgan fingerprint density at radius 1 is 1.30 bits per heavy atom. The lowest BCUT2D eigenvalue weighted by Gasteiger charge is -2.07. The molecule has 3 rings (SSSR count). The number of hydrogen-bond donors (Lipinski definition) is 0. The molecule has 0 atom stereocenters. The van der Waals surface area contributed by atoms with Gasteiger partial charge < -0.3 is 0 Å². The number of carbonyl (C=O) groups is 1. The number of pyridine rings is 1. The minimum absolute atomic E-state index is 0.0738. The van der Waals surface area contributed by atoms with Crippen LogP contribution in [0.3, 0.4) is 0 Å². The summed E-state index contributed by atoms with van der Waals surface area (Å²) in [5.41, 5.74) is 2.70. The second-order valence-electron chi connectivity index (χ2n) is 5.10. The van der Waals surface area contributed by atoms with Crippen LogP contribution in [0.15, 0.2) is 52.5 Å². The summed E-state index contributed by atoms with van der Waals surface area (Å²) in [5, 5.41) is 0.904. The highest BCUT2D eigenvalue weighted by atomic mass is 35.5. The van der Waals surface area contributed by atoms with E-state index in [0.717, 1.165) is 11.1 Å². The average molecular weight is 344 g/mol. The molecule has 1 amide bonds. The van der Waals surface area contributed by atoms with Gasteiger partial charge in [0.1, 0.15) is 5.69 Å². The van der Waals surface area contributed by atoms with Gasteiger partial charge in [-0.2, -0.15) is 0 Å². The molecule has 0 aliphatic carbocycles. The minimum Gasteiger partial charge on any atom is -0.290 e. The number of nitrogens with zero attached hydrogens (tertiary/aromatic N) is 3. The van der Waals surface area contributed by atoms with E-state index in [4.69, 9.17) is 11.6 Å². The van der Waals surface area contributed by atoms with Crippen molar-refractivity contribution in [2.24, 2.45) is 4.99 Å². The summed E-state index contributed by atoms with van der Waals surface area (Å²) >= 11 is 7.36. The van der Waals surface area contributed by atoms with Gasteiger partial charge in [0, 0.05) is 13.2 Å². The number of hydrogen-bond acceptors (Lipinski definition) is 4. The summed E-state index contributed by atoms with van der Waals surface area (Å²) in [6.45, 7) is 2.02. The fourth-order valence-corrected chi connectivity index (χ4v) is 3.27. The standard InChI is InChI=1S/C17H14ClN3OS/c1-11-5-3-6-12(9-11)10-14-16(22)21(2)17(23-14)20-13-7-4-8-19-15(13)18/h3-10H,1-2H3/b14-10-,20-17?. The Balaban J connectivity index is 1.93. The third-order valence-corrected chi connectivity index (χ3v) is 4.65. The Labute approximate surface area is 143 Å². The molecule has 1 aliphatic rings. The van der Waals surface area contributed by atoms with E-state index in [1.807, 2.05) is 37.3 Å². The second kappa shape index (κ2) is 6.56. The predicted molar refractivity (Wildman–Crippen MR) is 95.9 cm³/mol. The van der Waals surface area contributed by atoms with Crippen molar-refractivity contribution in [1.82, 2.24) is 9.88 Å². The molecule has 0 unspecified atom stereocenters. The molecule has 0 spiro atoms. The Hall–Kier alpha value is -2.11. The van der Waals surface area contributed by atoms with E-state index in [-0.39, 0.29) is 5.91 Å². The monoisotopic (exact) mass is 343 g/mol. The largest absolute Gasteiger partial charge is 0.290 e. The first kappa shape index (κ1) is 15.8. The van der Waals surface area contributed by atoms with Crippen molar-refractivity contribution >= 4 is 46.2 Å². The van der Waals surface area contributed by atoms with Crippen molar-refractivity contribution < 1.29 is 4.79 Å². The number of thioether (sulfide) groups is 1. The molecule has 0 radical (unpaired) electrons. The van der Waals surface area contributed by atoms with Crippen LogP contribution in [0.5, 0.6) is 0 Å². The van der Waals surface area contributed by atoms with Gasteiger partial charge in [0.05, 0.1) is 4.91 Å². The van der Waals surface area contributed by atoms with Crippen molar-refractivity contribution in [3.63, 3.8) is 0 Å². The molecule has 2 heterocycles. The van der Waals surface area contributed by atoms with Crippen LogP contribution in [0, 0.1) is 6.92 Å². The summed E-state index contributed by atoms with van der Waals surface area (Å²) in [6.07, 6.45) is 3.48. The molecule has 2 aromatic rings. The van der Waals surface area contributed by atoms with Crippen LogP contribution in [0.4, 0.5) is 5.69 Å². The van der Waals surface area contributed by atoms with Crippen LogP contribution >= 0.6 is 23.4 Å². The van der Waals surface area contributed by atoms with Crippen LogP contribution in [0.2, 0.25) is 5.15 Å².